The molecule has 1 aliphatic rings. The number of hydrogen-bond donors (Lipinski definition) is 2. The number of nitrogens with one attached hydrogen (secondary N) is 1. The molecule has 10 heteroatoms. The number of benzene rings is 2. The third-order valence-corrected chi connectivity index (χ3v) is 8.59. The van der Waals surface area contributed by atoms with Crippen molar-refractivity contribution in [2.75, 3.05) is 18.9 Å². The van der Waals surface area contributed by atoms with Crippen LogP contribution in [0.2, 0.25) is 0 Å². The molecule has 0 aromatic heterocycles. The molecule has 2 aromatic carbocycles. The first-order valence-electron chi connectivity index (χ1n) is 12.8. The third-order valence-electron chi connectivity index (χ3n) is 6.98. The van der Waals surface area contributed by atoms with Gasteiger partial charge in [-0.1, -0.05) is 43.9 Å². The number of alkyl halides is 3. The van der Waals surface area contributed by atoms with Crippen LogP contribution in [0.1, 0.15) is 74.5 Å². The summed E-state index contributed by atoms with van der Waals surface area (Å²) in [6.45, 7) is 0.857. The second kappa shape index (κ2) is 14.7. The molecule has 2 N–H and O–H groups in total. The fourth-order valence-electron chi connectivity index (χ4n) is 5.09. The van der Waals surface area contributed by atoms with E-state index >= 15 is 0 Å². The molecule has 206 valence electrons. The molecular weight excluding hydrogens is 525 g/mol. The van der Waals surface area contributed by atoms with Crippen LogP contribution in [0.3, 0.4) is 0 Å². The van der Waals surface area contributed by atoms with Gasteiger partial charge in [-0.25, -0.2) is 4.39 Å². The largest absolute Gasteiger partial charge is 0.417 e. The van der Waals surface area contributed by atoms with Crippen LogP contribution in [0, 0.1) is 5.82 Å². The predicted molar refractivity (Wildman–Crippen MR) is 141 cm³/mol. The monoisotopic (exact) mass is 561 g/mol. The van der Waals surface area contributed by atoms with E-state index in [0.29, 0.717) is 24.3 Å². The molecular formula is C27H36F4NO3PS. The van der Waals surface area contributed by atoms with Crippen molar-refractivity contribution in [3.63, 3.8) is 0 Å². The molecule has 0 saturated heterocycles. The zero-order valence-electron chi connectivity index (χ0n) is 20.9. The molecule has 0 radical (unpaired) electrons. The Morgan fingerprint density at radius 2 is 1.76 bits per heavy atom. The lowest BCUT2D eigenvalue weighted by Gasteiger charge is -2.38. The fourth-order valence-corrected chi connectivity index (χ4v) is 6.47. The van der Waals surface area contributed by atoms with Gasteiger partial charge in [-0.2, -0.15) is 13.2 Å². The minimum Gasteiger partial charge on any atom is -0.326 e. The minimum absolute atomic E-state index is 0.0464. The average Bonchev–Trinajstić information content (AvgIpc) is 2.86. The molecule has 0 spiro atoms. The Balaban J connectivity index is 1.51. The first-order valence-corrected chi connectivity index (χ1v) is 15.1. The lowest BCUT2D eigenvalue weighted by Crippen LogP contribution is -2.29. The summed E-state index contributed by atoms with van der Waals surface area (Å²) < 4.78 is 69.8. The average molecular weight is 562 g/mol. The molecule has 1 saturated carbocycles. The highest BCUT2D eigenvalue weighted by atomic mass is 32.2. The summed E-state index contributed by atoms with van der Waals surface area (Å²) in [5.74, 6) is 0.370. The van der Waals surface area contributed by atoms with E-state index in [1.807, 2.05) is 12.1 Å². The van der Waals surface area contributed by atoms with Gasteiger partial charge in [0.15, 0.2) is 0 Å². The van der Waals surface area contributed by atoms with Crippen molar-refractivity contribution >= 4 is 20.0 Å². The smallest absolute Gasteiger partial charge is 0.326 e. The summed E-state index contributed by atoms with van der Waals surface area (Å²) in [6.07, 6.45) is 4.43. The van der Waals surface area contributed by atoms with Crippen molar-refractivity contribution < 1.29 is 31.5 Å². The van der Waals surface area contributed by atoms with E-state index in [-0.39, 0.29) is 29.3 Å². The molecule has 0 amide bonds. The number of halogens is 4. The summed E-state index contributed by atoms with van der Waals surface area (Å²) in [5.41, 5.74) is 1.15. The first-order chi connectivity index (χ1) is 17.7. The normalized spacial score (nSPS) is 16.6. The van der Waals surface area contributed by atoms with Gasteiger partial charge in [-0.15, -0.1) is 11.8 Å². The lowest BCUT2D eigenvalue weighted by atomic mass is 9.67. The van der Waals surface area contributed by atoms with Crippen LogP contribution < -0.4 is 5.32 Å². The fraction of sp³-hybridized carbons (Fsp3) is 0.556. The lowest BCUT2D eigenvalue weighted by molar-refractivity contribution is -0.139. The van der Waals surface area contributed by atoms with E-state index in [0.717, 1.165) is 44.9 Å². The zero-order valence-corrected chi connectivity index (χ0v) is 22.7. The second-order valence-corrected chi connectivity index (χ2v) is 11.6. The Kier molecular flexibility index (Phi) is 12.0. The van der Waals surface area contributed by atoms with E-state index < -0.39 is 20.0 Å². The topological polar surface area (TPSA) is 58.6 Å². The van der Waals surface area contributed by atoms with Crippen LogP contribution in [0.25, 0.3) is 0 Å². The SMILES string of the molecule is O=[PH](O)OCCCNCc1ccc(SCCCCC2(c3ccc(F)cc3)CCCCC2)c(C(F)(F)F)c1. The summed E-state index contributed by atoms with van der Waals surface area (Å²) >= 11 is 1.25. The number of rotatable bonds is 14. The van der Waals surface area contributed by atoms with Crippen molar-refractivity contribution in [2.45, 2.75) is 80.8 Å². The van der Waals surface area contributed by atoms with E-state index in [9.17, 15) is 22.1 Å². The van der Waals surface area contributed by atoms with Gasteiger partial charge in [-0.05, 0) is 85.2 Å². The van der Waals surface area contributed by atoms with E-state index in [1.165, 1.54) is 41.9 Å². The van der Waals surface area contributed by atoms with Crippen LogP contribution in [0.15, 0.2) is 47.4 Å². The maximum atomic E-state index is 13.8. The maximum absolute atomic E-state index is 13.8. The molecule has 3 rings (SSSR count). The third kappa shape index (κ3) is 9.70. The Morgan fingerprint density at radius 3 is 2.43 bits per heavy atom. The van der Waals surface area contributed by atoms with Crippen molar-refractivity contribution in [2.24, 2.45) is 0 Å². The maximum Gasteiger partial charge on any atom is 0.417 e. The minimum atomic E-state index is -4.44. The standard InChI is InChI=1S/C27H36F4NO3PS/c28-23-10-8-22(9-11-23)26(13-2-1-3-14-26)15-4-5-18-37-25-12-7-21(19-24(25)27(29,30)31)20-32-16-6-17-35-36(33)34/h7-12,19,32,36H,1-6,13-18,20H2,(H,33,34). The molecule has 0 heterocycles. The Bertz CT molecular complexity index is 998. The van der Waals surface area contributed by atoms with Gasteiger partial charge in [0.25, 0.3) is 0 Å². The molecule has 2 aromatic rings. The molecule has 4 nitrogen and oxygen atoms in total. The van der Waals surface area contributed by atoms with Crippen LogP contribution in [-0.2, 0) is 27.2 Å². The van der Waals surface area contributed by atoms with Gasteiger partial charge in [0, 0.05) is 11.4 Å². The summed E-state index contributed by atoms with van der Waals surface area (Å²) in [7, 11) is -2.95. The van der Waals surface area contributed by atoms with E-state index in [4.69, 9.17) is 4.89 Å². The van der Waals surface area contributed by atoms with E-state index in [2.05, 4.69) is 9.84 Å². The zero-order chi connectivity index (χ0) is 26.7. The Hall–Kier alpha value is -1.38. The quantitative estimate of drug-likeness (QED) is 0.106. The Morgan fingerprint density at radius 1 is 1.03 bits per heavy atom. The highest BCUT2D eigenvalue weighted by Crippen LogP contribution is 2.44. The molecule has 0 aliphatic heterocycles. The van der Waals surface area contributed by atoms with E-state index in [1.54, 1.807) is 12.1 Å². The van der Waals surface area contributed by atoms with Crippen LogP contribution in [0.4, 0.5) is 17.6 Å². The molecule has 1 atom stereocenters. The van der Waals surface area contributed by atoms with Crippen LogP contribution in [-0.4, -0.2) is 23.8 Å². The number of hydrogen-bond acceptors (Lipinski definition) is 4. The van der Waals surface area contributed by atoms with Crippen molar-refractivity contribution in [1.82, 2.24) is 5.32 Å². The molecule has 1 fully saturated rings. The van der Waals surface area contributed by atoms with Gasteiger partial charge in [0.2, 0.25) is 0 Å². The molecule has 1 aliphatic carbocycles. The highest BCUT2D eigenvalue weighted by Gasteiger charge is 2.34. The molecule has 0 bridgehead atoms. The Labute approximate surface area is 221 Å². The van der Waals surface area contributed by atoms with Gasteiger partial charge in [0.05, 0.1) is 12.2 Å². The molecule has 37 heavy (non-hydrogen) atoms. The van der Waals surface area contributed by atoms with Gasteiger partial charge >= 0.3 is 14.4 Å². The van der Waals surface area contributed by atoms with Crippen LogP contribution in [0.5, 0.6) is 0 Å². The van der Waals surface area contributed by atoms with Gasteiger partial charge < -0.3 is 14.7 Å². The van der Waals surface area contributed by atoms with Gasteiger partial charge in [0.1, 0.15) is 5.82 Å². The van der Waals surface area contributed by atoms with Crippen molar-refractivity contribution in [3.8, 4) is 0 Å². The number of thioether (sulfide) groups is 1. The number of unbranched alkanes of at least 4 members (excludes halogenated alkanes) is 1. The predicted octanol–water partition coefficient (Wildman–Crippen LogP) is 7.89. The van der Waals surface area contributed by atoms with Gasteiger partial charge in [-0.3, -0.25) is 4.57 Å². The first kappa shape index (κ1) is 30.2. The molecule has 1 unspecified atom stereocenters. The second-order valence-electron chi connectivity index (χ2n) is 9.63. The van der Waals surface area contributed by atoms with Crippen LogP contribution >= 0.6 is 20.0 Å². The highest BCUT2D eigenvalue weighted by molar-refractivity contribution is 7.99. The van der Waals surface area contributed by atoms with Crippen molar-refractivity contribution in [1.29, 1.82) is 0 Å². The summed E-state index contributed by atoms with van der Waals surface area (Å²) in [4.78, 5) is 8.86. The van der Waals surface area contributed by atoms with Crippen molar-refractivity contribution in [3.05, 3.63) is 65.0 Å². The summed E-state index contributed by atoms with van der Waals surface area (Å²) in [5, 5.41) is 3.04. The summed E-state index contributed by atoms with van der Waals surface area (Å²) in [6, 6.07) is 11.3.